The third kappa shape index (κ3) is 4.41. The molecular weight excluding hydrogens is 440 g/mol. The first-order valence-electron chi connectivity index (χ1n) is 11.7. The van der Waals surface area contributed by atoms with Crippen molar-refractivity contribution in [1.82, 2.24) is 19.2 Å². The smallest absolute Gasteiger partial charge is 0.254 e. The van der Waals surface area contributed by atoms with Crippen molar-refractivity contribution in [2.75, 3.05) is 62.2 Å². The lowest BCUT2D eigenvalue weighted by molar-refractivity contribution is 0.0746. The number of carbonyl (C=O) groups is 1. The Labute approximate surface area is 195 Å². The number of anilines is 2. The van der Waals surface area contributed by atoms with Crippen molar-refractivity contribution in [2.45, 2.75) is 30.6 Å². The molecule has 2 aromatic rings. The molecule has 3 aliphatic rings. The molecule has 3 aliphatic heterocycles. The van der Waals surface area contributed by atoms with Crippen molar-refractivity contribution in [1.29, 1.82) is 0 Å². The number of sulfonamides is 1. The zero-order valence-electron chi connectivity index (χ0n) is 18.8. The summed E-state index contributed by atoms with van der Waals surface area (Å²) in [6.45, 7) is 5.14. The molecule has 5 rings (SSSR count). The second kappa shape index (κ2) is 9.26. The van der Waals surface area contributed by atoms with E-state index in [1.165, 1.54) is 0 Å². The maximum absolute atomic E-state index is 13.5. The van der Waals surface area contributed by atoms with Crippen LogP contribution in [0, 0.1) is 0 Å². The molecule has 1 amide bonds. The van der Waals surface area contributed by atoms with E-state index in [1.54, 1.807) is 39.8 Å². The van der Waals surface area contributed by atoms with Gasteiger partial charge in [0.25, 0.3) is 5.91 Å². The van der Waals surface area contributed by atoms with Crippen molar-refractivity contribution in [3.05, 3.63) is 42.2 Å². The highest BCUT2D eigenvalue weighted by molar-refractivity contribution is 7.89. The number of piperazine rings is 1. The molecule has 3 fully saturated rings. The molecule has 1 aromatic heterocycles. The highest BCUT2D eigenvalue weighted by atomic mass is 32.2. The second-order valence-corrected chi connectivity index (χ2v) is 10.7. The maximum atomic E-state index is 13.5. The Kier molecular flexibility index (Phi) is 6.20. The van der Waals surface area contributed by atoms with Crippen LogP contribution in [0.3, 0.4) is 0 Å². The summed E-state index contributed by atoms with van der Waals surface area (Å²) < 4.78 is 28.6. The van der Waals surface area contributed by atoms with Crippen LogP contribution in [-0.2, 0) is 10.0 Å². The Bertz CT molecular complexity index is 1090. The molecule has 0 atom stereocenters. The molecular formula is C23H30N6O3S. The van der Waals surface area contributed by atoms with Crippen LogP contribution in [0.15, 0.2) is 41.6 Å². The van der Waals surface area contributed by atoms with Gasteiger partial charge >= 0.3 is 0 Å². The largest absolute Gasteiger partial charge is 0.370 e. The summed E-state index contributed by atoms with van der Waals surface area (Å²) in [6, 6.07) is 7.00. The van der Waals surface area contributed by atoms with Crippen LogP contribution < -0.4 is 9.80 Å². The first-order chi connectivity index (χ1) is 16.0. The second-order valence-electron chi connectivity index (χ2n) is 8.82. The van der Waals surface area contributed by atoms with Crippen molar-refractivity contribution < 1.29 is 13.2 Å². The summed E-state index contributed by atoms with van der Waals surface area (Å²) in [5.74, 6) is 0.535. The molecule has 0 bridgehead atoms. The molecule has 0 unspecified atom stereocenters. The summed E-state index contributed by atoms with van der Waals surface area (Å²) in [7, 11) is -3.64. The zero-order valence-corrected chi connectivity index (χ0v) is 19.6. The third-order valence-electron chi connectivity index (χ3n) is 6.74. The first kappa shape index (κ1) is 22.1. The van der Waals surface area contributed by atoms with Gasteiger partial charge < -0.3 is 14.7 Å². The minimum Gasteiger partial charge on any atom is -0.370 e. The number of rotatable bonds is 5. The standard InChI is InChI=1S/C23H30N6O3S/c30-22(27-14-16-28(17-15-27)23-24-8-5-9-25-23)19-6-7-20(26-10-1-2-11-26)21(18-19)33(31,32)29-12-3-4-13-29/h5-9,18H,1-4,10-17H2. The summed E-state index contributed by atoms with van der Waals surface area (Å²) in [6.07, 6.45) is 7.30. The van der Waals surface area contributed by atoms with Gasteiger partial charge in [0.15, 0.2) is 0 Å². The summed E-state index contributed by atoms with van der Waals surface area (Å²) >= 11 is 0. The average molecular weight is 471 g/mol. The predicted octanol–water partition coefficient (Wildman–Crippen LogP) is 1.82. The molecule has 176 valence electrons. The molecule has 10 heteroatoms. The fourth-order valence-corrected chi connectivity index (χ4v) is 6.64. The van der Waals surface area contributed by atoms with E-state index in [9.17, 15) is 13.2 Å². The van der Waals surface area contributed by atoms with E-state index >= 15 is 0 Å². The highest BCUT2D eigenvalue weighted by Gasteiger charge is 2.33. The number of hydrogen-bond donors (Lipinski definition) is 0. The Morgan fingerprint density at radius 2 is 1.42 bits per heavy atom. The quantitative estimate of drug-likeness (QED) is 0.658. The molecule has 33 heavy (non-hydrogen) atoms. The monoisotopic (exact) mass is 470 g/mol. The van der Waals surface area contributed by atoms with Gasteiger partial charge in [-0.3, -0.25) is 4.79 Å². The lowest BCUT2D eigenvalue weighted by atomic mass is 10.1. The van der Waals surface area contributed by atoms with E-state index < -0.39 is 10.0 Å². The summed E-state index contributed by atoms with van der Waals surface area (Å²) in [5.41, 5.74) is 1.15. The van der Waals surface area contributed by atoms with Gasteiger partial charge in [-0.05, 0) is 49.9 Å². The molecule has 0 saturated carbocycles. The topological polar surface area (TPSA) is 90.0 Å². The number of hydrogen-bond acceptors (Lipinski definition) is 7. The maximum Gasteiger partial charge on any atom is 0.254 e. The summed E-state index contributed by atoms with van der Waals surface area (Å²) in [5, 5.41) is 0. The molecule has 9 nitrogen and oxygen atoms in total. The fraction of sp³-hybridized carbons (Fsp3) is 0.522. The van der Waals surface area contributed by atoms with Gasteiger partial charge in [0.1, 0.15) is 4.90 Å². The normalized spacial score (nSPS) is 19.9. The molecule has 0 aliphatic carbocycles. The van der Waals surface area contributed by atoms with Crippen LogP contribution in [0.4, 0.5) is 11.6 Å². The third-order valence-corrected chi connectivity index (χ3v) is 8.67. The minimum absolute atomic E-state index is 0.130. The predicted molar refractivity (Wildman–Crippen MR) is 126 cm³/mol. The lowest BCUT2D eigenvalue weighted by Crippen LogP contribution is -2.49. The van der Waals surface area contributed by atoms with Crippen LogP contribution in [0.2, 0.25) is 0 Å². The van der Waals surface area contributed by atoms with Gasteiger partial charge in [0.2, 0.25) is 16.0 Å². The average Bonchev–Trinajstić information content (AvgIpc) is 3.59. The van der Waals surface area contributed by atoms with Gasteiger partial charge in [-0.25, -0.2) is 18.4 Å². The highest BCUT2D eigenvalue weighted by Crippen LogP contribution is 2.33. The van der Waals surface area contributed by atoms with E-state index in [0.717, 1.165) is 44.5 Å². The van der Waals surface area contributed by atoms with E-state index in [0.29, 0.717) is 50.8 Å². The molecule has 0 N–H and O–H groups in total. The minimum atomic E-state index is -3.64. The van der Waals surface area contributed by atoms with Crippen molar-refractivity contribution in [3.63, 3.8) is 0 Å². The van der Waals surface area contributed by atoms with E-state index in [-0.39, 0.29) is 10.8 Å². The molecule has 4 heterocycles. The van der Waals surface area contributed by atoms with Crippen molar-refractivity contribution in [3.8, 4) is 0 Å². The summed E-state index contributed by atoms with van der Waals surface area (Å²) in [4.78, 5) is 28.2. The van der Waals surface area contributed by atoms with Gasteiger partial charge in [0, 0.05) is 70.3 Å². The van der Waals surface area contributed by atoms with Crippen LogP contribution >= 0.6 is 0 Å². The van der Waals surface area contributed by atoms with Gasteiger partial charge in [-0.15, -0.1) is 0 Å². The Hall–Kier alpha value is -2.72. The number of aromatic nitrogens is 2. The van der Waals surface area contributed by atoms with Gasteiger partial charge in [-0.2, -0.15) is 4.31 Å². The number of amides is 1. The van der Waals surface area contributed by atoms with Crippen LogP contribution in [-0.4, -0.2) is 85.9 Å². The first-order valence-corrected chi connectivity index (χ1v) is 13.2. The molecule has 0 radical (unpaired) electrons. The van der Waals surface area contributed by atoms with Crippen LogP contribution in [0.5, 0.6) is 0 Å². The van der Waals surface area contributed by atoms with Crippen LogP contribution in [0.1, 0.15) is 36.0 Å². The number of nitrogens with zero attached hydrogens (tertiary/aromatic N) is 6. The van der Waals surface area contributed by atoms with E-state index in [4.69, 9.17) is 0 Å². The zero-order chi connectivity index (χ0) is 22.8. The number of carbonyl (C=O) groups excluding carboxylic acids is 1. The fourth-order valence-electron chi connectivity index (χ4n) is 4.89. The van der Waals surface area contributed by atoms with E-state index in [1.807, 2.05) is 6.07 Å². The molecule has 3 saturated heterocycles. The van der Waals surface area contributed by atoms with Crippen LogP contribution in [0.25, 0.3) is 0 Å². The lowest BCUT2D eigenvalue weighted by Gasteiger charge is -2.35. The SMILES string of the molecule is O=C(c1ccc(N2CCCC2)c(S(=O)(=O)N2CCCC2)c1)N1CCN(c2ncccn2)CC1. The van der Waals surface area contributed by atoms with Gasteiger partial charge in [-0.1, -0.05) is 0 Å². The van der Waals surface area contributed by atoms with Crippen molar-refractivity contribution >= 4 is 27.6 Å². The number of benzene rings is 1. The Balaban J connectivity index is 1.38. The molecule has 1 aromatic carbocycles. The van der Waals surface area contributed by atoms with Gasteiger partial charge in [0.05, 0.1) is 5.69 Å². The Morgan fingerprint density at radius 3 is 2.09 bits per heavy atom. The Morgan fingerprint density at radius 1 is 0.788 bits per heavy atom. The van der Waals surface area contributed by atoms with E-state index in [2.05, 4.69) is 19.8 Å². The molecule has 0 spiro atoms. The van der Waals surface area contributed by atoms with Crippen molar-refractivity contribution in [2.24, 2.45) is 0 Å².